The van der Waals surface area contributed by atoms with Crippen molar-refractivity contribution in [2.24, 2.45) is 22.7 Å². The van der Waals surface area contributed by atoms with Gasteiger partial charge in [0.25, 0.3) is 0 Å². The summed E-state index contributed by atoms with van der Waals surface area (Å²) in [5.74, 6) is 2.30. The number of aliphatic imine (C=N–C) groups is 1. The average Bonchev–Trinajstić information content (AvgIpc) is 2.50. The van der Waals surface area contributed by atoms with E-state index in [1.807, 2.05) is 6.21 Å². The predicted molar refractivity (Wildman–Crippen MR) is 59.0 cm³/mol. The summed E-state index contributed by atoms with van der Waals surface area (Å²) in [7, 11) is 0. The predicted octanol–water partition coefficient (Wildman–Crippen LogP) is 3.66. The van der Waals surface area contributed by atoms with E-state index in [2.05, 4.69) is 38.8 Å². The second-order valence-electron chi connectivity index (χ2n) is 4.60. The topological polar surface area (TPSA) is 12.4 Å². The summed E-state index contributed by atoms with van der Waals surface area (Å²) in [5, 5.41) is 0. The number of hydrogen-bond acceptors (Lipinski definition) is 1. The molecule has 0 saturated carbocycles. The Morgan fingerprint density at radius 2 is 1.85 bits per heavy atom. The van der Waals surface area contributed by atoms with Crippen LogP contribution < -0.4 is 0 Å². The van der Waals surface area contributed by atoms with Crippen molar-refractivity contribution in [2.45, 2.75) is 40.5 Å². The molecule has 0 radical (unpaired) electrons. The zero-order valence-electron chi connectivity index (χ0n) is 9.25. The van der Waals surface area contributed by atoms with Crippen molar-refractivity contribution < 1.29 is 0 Å². The van der Waals surface area contributed by atoms with Gasteiger partial charge in [-0.15, -0.1) is 0 Å². The summed E-state index contributed by atoms with van der Waals surface area (Å²) in [6.07, 6.45) is 6.45. The molecule has 0 amide bonds. The molecule has 0 aromatic rings. The van der Waals surface area contributed by atoms with Gasteiger partial charge >= 0.3 is 0 Å². The molecule has 0 aromatic carbocycles. The Balaban J connectivity index is 2.52. The van der Waals surface area contributed by atoms with E-state index in [9.17, 15) is 0 Å². The number of hydrogen-bond donors (Lipinski definition) is 0. The van der Waals surface area contributed by atoms with Crippen LogP contribution in [-0.2, 0) is 0 Å². The number of rotatable bonds is 4. The molecule has 1 aliphatic rings. The largest absolute Gasteiger partial charge is 0.266 e. The lowest BCUT2D eigenvalue weighted by molar-refractivity contribution is 0.285. The molecule has 1 nitrogen and oxygen atoms in total. The van der Waals surface area contributed by atoms with Gasteiger partial charge in [0.1, 0.15) is 0 Å². The Morgan fingerprint density at radius 3 is 2.23 bits per heavy atom. The Kier molecular flexibility index (Phi) is 3.71. The fourth-order valence-corrected chi connectivity index (χ4v) is 2.03. The lowest BCUT2D eigenvalue weighted by Gasteiger charge is -2.24. The van der Waals surface area contributed by atoms with Crippen molar-refractivity contribution in [2.75, 3.05) is 0 Å². The van der Waals surface area contributed by atoms with Crippen LogP contribution in [0.3, 0.4) is 0 Å². The Bertz CT molecular complexity index is 203. The Hall–Kier alpha value is -0.590. The molecule has 0 spiro atoms. The van der Waals surface area contributed by atoms with Gasteiger partial charge in [0.15, 0.2) is 0 Å². The van der Waals surface area contributed by atoms with Crippen molar-refractivity contribution in [3.63, 3.8) is 0 Å². The SMILES string of the molecule is CC(C)C(CC1=CCC=N1)C(C)C. The van der Waals surface area contributed by atoms with Crippen LogP contribution in [0.15, 0.2) is 16.8 Å². The van der Waals surface area contributed by atoms with Crippen LogP contribution in [0, 0.1) is 17.8 Å². The molecule has 0 bridgehead atoms. The summed E-state index contributed by atoms with van der Waals surface area (Å²) in [6.45, 7) is 9.24. The van der Waals surface area contributed by atoms with Gasteiger partial charge in [-0.3, -0.25) is 4.99 Å². The summed E-state index contributed by atoms with van der Waals surface area (Å²) in [4.78, 5) is 4.38. The van der Waals surface area contributed by atoms with Gasteiger partial charge in [-0.25, -0.2) is 0 Å². The summed E-state index contributed by atoms with van der Waals surface area (Å²) < 4.78 is 0. The lowest BCUT2D eigenvalue weighted by atomic mass is 9.82. The van der Waals surface area contributed by atoms with Crippen molar-refractivity contribution in [1.29, 1.82) is 0 Å². The molecule has 1 heterocycles. The third-order valence-corrected chi connectivity index (χ3v) is 2.87. The molecule has 1 heteroatoms. The highest BCUT2D eigenvalue weighted by Crippen LogP contribution is 2.28. The average molecular weight is 179 g/mol. The Labute approximate surface area is 82.0 Å². The monoisotopic (exact) mass is 179 g/mol. The van der Waals surface area contributed by atoms with Crippen molar-refractivity contribution in [3.05, 3.63) is 11.8 Å². The van der Waals surface area contributed by atoms with Gasteiger partial charge < -0.3 is 0 Å². The van der Waals surface area contributed by atoms with E-state index in [0.717, 1.165) is 30.6 Å². The molecule has 0 atom stereocenters. The van der Waals surface area contributed by atoms with E-state index < -0.39 is 0 Å². The molecule has 0 aliphatic carbocycles. The minimum Gasteiger partial charge on any atom is -0.266 e. The smallest absolute Gasteiger partial charge is 0.0366 e. The second kappa shape index (κ2) is 4.59. The molecule has 0 unspecified atom stereocenters. The minimum atomic E-state index is 0.761. The van der Waals surface area contributed by atoms with E-state index >= 15 is 0 Å². The van der Waals surface area contributed by atoms with Gasteiger partial charge in [0, 0.05) is 18.3 Å². The molecule has 0 N–H and O–H groups in total. The normalized spacial score (nSPS) is 16.4. The van der Waals surface area contributed by atoms with E-state index in [1.54, 1.807) is 0 Å². The highest BCUT2D eigenvalue weighted by atomic mass is 14.7. The summed E-state index contributed by atoms with van der Waals surface area (Å²) >= 11 is 0. The molecule has 74 valence electrons. The van der Waals surface area contributed by atoms with Crippen LogP contribution in [0.1, 0.15) is 40.5 Å². The molecule has 0 saturated heterocycles. The van der Waals surface area contributed by atoms with Gasteiger partial charge in [-0.05, 0) is 24.2 Å². The fraction of sp³-hybridized carbons (Fsp3) is 0.750. The lowest BCUT2D eigenvalue weighted by Crippen LogP contribution is -2.15. The number of allylic oxidation sites excluding steroid dienone is 2. The van der Waals surface area contributed by atoms with Crippen molar-refractivity contribution >= 4 is 6.21 Å². The maximum atomic E-state index is 4.38. The van der Waals surface area contributed by atoms with Crippen molar-refractivity contribution in [3.8, 4) is 0 Å². The molecule has 1 aliphatic heterocycles. The first kappa shape index (κ1) is 10.5. The first-order chi connectivity index (χ1) is 6.11. The minimum absolute atomic E-state index is 0.761. The van der Waals surface area contributed by atoms with E-state index in [-0.39, 0.29) is 0 Å². The quantitative estimate of drug-likeness (QED) is 0.624. The highest BCUT2D eigenvalue weighted by Gasteiger charge is 2.19. The zero-order valence-corrected chi connectivity index (χ0v) is 9.25. The van der Waals surface area contributed by atoms with Crippen LogP contribution in [0.25, 0.3) is 0 Å². The first-order valence-corrected chi connectivity index (χ1v) is 5.32. The maximum Gasteiger partial charge on any atom is 0.0366 e. The van der Waals surface area contributed by atoms with E-state index in [0.29, 0.717) is 0 Å². The van der Waals surface area contributed by atoms with Gasteiger partial charge in [0.2, 0.25) is 0 Å². The van der Waals surface area contributed by atoms with E-state index in [4.69, 9.17) is 0 Å². The van der Waals surface area contributed by atoms with E-state index in [1.165, 1.54) is 5.70 Å². The highest BCUT2D eigenvalue weighted by molar-refractivity contribution is 5.64. The second-order valence-corrected chi connectivity index (χ2v) is 4.60. The fourth-order valence-electron chi connectivity index (χ4n) is 2.03. The van der Waals surface area contributed by atoms with Gasteiger partial charge in [-0.2, -0.15) is 0 Å². The van der Waals surface area contributed by atoms with Crippen molar-refractivity contribution in [1.82, 2.24) is 0 Å². The molecule has 13 heavy (non-hydrogen) atoms. The zero-order chi connectivity index (χ0) is 9.84. The maximum absolute atomic E-state index is 4.38. The van der Waals surface area contributed by atoms with Gasteiger partial charge in [0.05, 0.1) is 0 Å². The van der Waals surface area contributed by atoms with Crippen LogP contribution >= 0.6 is 0 Å². The molecule has 0 fully saturated rings. The molecule has 1 rings (SSSR count). The Morgan fingerprint density at radius 1 is 1.23 bits per heavy atom. The third-order valence-electron chi connectivity index (χ3n) is 2.87. The van der Waals surface area contributed by atoms with Crippen LogP contribution in [0.2, 0.25) is 0 Å². The standard InChI is InChI=1S/C12H21N/c1-9(2)12(10(3)4)8-11-6-5-7-13-11/h6-7,9-10,12H,5,8H2,1-4H3. The van der Waals surface area contributed by atoms with Gasteiger partial charge in [-0.1, -0.05) is 33.8 Å². The van der Waals surface area contributed by atoms with Crippen LogP contribution in [0.4, 0.5) is 0 Å². The van der Waals surface area contributed by atoms with Crippen LogP contribution in [0.5, 0.6) is 0 Å². The van der Waals surface area contributed by atoms with Crippen LogP contribution in [-0.4, -0.2) is 6.21 Å². The third kappa shape index (κ3) is 2.98. The number of nitrogens with zero attached hydrogens (tertiary/aromatic N) is 1. The first-order valence-electron chi connectivity index (χ1n) is 5.32. The molecular formula is C12H21N. The molecule has 0 aromatic heterocycles. The molecular weight excluding hydrogens is 158 g/mol. The summed E-state index contributed by atoms with van der Waals surface area (Å²) in [5.41, 5.74) is 1.30. The summed E-state index contributed by atoms with van der Waals surface area (Å²) in [6, 6.07) is 0.